The molecular formula is C14H22ClN3O. The second-order valence-corrected chi connectivity index (χ2v) is 5.28. The van der Waals surface area contributed by atoms with Gasteiger partial charge in [0.25, 0.3) is 0 Å². The summed E-state index contributed by atoms with van der Waals surface area (Å²) in [7, 11) is 0. The highest BCUT2D eigenvalue weighted by Gasteiger charge is 2.24. The fourth-order valence-electron chi connectivity index (χ4n) is 2.56. The lowest BCUT2D eigenvalue weighted by atomic mass is 10.0. The van der Waals surface area contributed by atoms with Crippen molar-refractivity contribution in [1.29, 1.82) is 0 Å². The second-order valence-electron chi connectivity index (χ2n) is 4.90. The molecule has 1 saturated heterocycles. The molecule has 1 aliphatic heterocycles. The van der Waals surface area contributed by atoms with Gasteiger partial charge in [-0.1, -0.05) is 0 Å². The quantitative estimate of drug-likeness (QED) is 0.778. The third-order valence-electron chi connectivity index (χ3n) is 3.44. The summed E-state index contributed by atoms with van der Waals surface area (Å²) in [5.74, 6) is 2.14. The van der Waals surface area contributed by atoms with Gasteiger partial charge in [-0.2, -0.15) is 4.98 Å². The molecule has 106 valence electrons. The topological polar surface area (TPSA) is 38.2 Å². The van der Waals surface area contributed by atoms with Gasteiger partial charge in [0.1, 0.15) is 0 Å². The maximum absolute atomic E-state index is 5.91. The Morgan fingerprint density at radius 1 is 1.42 bits per heavy atom. The molecule has 0 radical (unpaired) electrons. The van der Waals surface area contributed by atoms with E-state index in [1.165, 1.54) is 19.3 Å². The second kappa shape index (κ2) is 6.94. The highest BCUT2D eigenvalue weighted by molar-refractivity contribution is 6.17. The molecule has 5 heteroatoms. The number of hydrogen-bond donors (Lipinski definition) is 0. The zero-order valence-corrected chi connectivity index (χ0v) is 12.5. The first-order valence-electron chi connectivity index (χ1n) is 7.05. The van der Waals surface area contributed by atoms with Gasteiger partial charge in [-0.15, -0.1) is 11.6 Å². The molecule has 0 N–H and O–H groups in total. The van der Waals surface area contributed by atoms with Crippen LogP contribution in [-0.4, -0.2) is 35.0 Å². The minimum absolute atomic E-state index is 0.461. The van der Waals surface area contributed by atoms with E-state index in [2.05, 4.69) is 14.9 Å². The van der Waals surface area contributed by atoms with Gasteiger partial charge in [-0.05, 0) is 39.5 Å². The average molecular weight is 284 g/mol. The van der Waals surface area contributed by atoms with Crippen LogP contribution in [-0.2, 0) is 0 Å². The van der Waals surface area contributed by atoms with Crippen molar-refractivity contribution >= 4 is 17.5 Å². The van der Waals surface area contributed by atoms with Gasteiger partial charge in [0.2, 0.25) is 11.8 Å². The van der Waals surface area contributed by atoms with E-state index >= 15 is 0 Å². The molecule has 2 heterocycles. The lowest BCUT2D eigenvalue weighted by Crippen LogP contribution is -2.41. The van der Waals surface area contributed by atoms with Crippen LogP contribution in [0.5, 0.6) is 5.88 Å². The van der Waals surface area contributed by atoms with E-state index in [1.54, 1.807) is 0 Å². The van der Waals surface area contributed by atoms with Crippen molar-refractivity contribution < 1.29 is 4.74 Å². The fraction of sp³-hybridized carbons (Fsp3) is 0.714. The SMILES string of the molecule is CCOc1cc(C)nc(N2CCCCC2CCCl)n1. The predicted octanol–water partition coefficient (Wildman–Crippen LogP) is 3.17. The van der Waals surface area contributed by atoms with E-state index in [-0.39, 0.29) is 0 Å². The summed E-state index contributed by atoms with van der Waals surface area (Å²) in [4.78, 5) is 11.4. The smallest absolute Gasteiger partial charge is 0.229 e. The minimum Gasteiger partial charge on any atom is -0.478 e. The predicted molar refractivity (Wildman–Crippen MR) is 78.3 cm³/mol. The summed E-state index contributed by atoms with van der Waals surface area (Å²) in [6.45, 7) is 5.58. The number of piperidine rings is 1. The number of aromatic nitrogens is 2. The van der Waals surface area contributed by atoms with Crippen LogP contribution in [0.3, 0.4) is 0 Å². The maximum atomic E-state index is 5.91. The lowest BCUT2D eigenvalue weighted by Gasteiger charge is -2.35. The Kier molecular flexibility index (Phi) is 5.25. The van der Waals surface area contributed by atoms with Gasteiger partial charge in [-0.25, -0.2) is 4.98 Å². The molecule has 0 bridgehead atoms. The Balaban J connectivity index is 2.22. The van der Waals surface area contributed by atoms with Gasteiger partial charge in [0, 0.05) is 30.2 Å². The van der Waals surface area contributed by atoms with Gasteiger partial charge >= 0.3 is 0 Å². The van der Waals surface area contributed by atoms with Crippen LogP contribution < -0.4 is 9.64 Å². The molecule has 19 heavy (non-hydrogen) atoms. The number of anilines is 1. The van der Waals surface area contributed by atoms with Gasteiger partial charge in [0.05, 0.1) is 6.61 Å². The molecule has 1 unspecified atom stereocenters. The van der Waals surface area contributed by atoms with Crippen LogP contribution >= 0.6 is 11.6 Å². The summed E-state index contributed by atoms with van der Waals surface area (Å²) in [5, 5.41) is 0. The van der Waals surface area contributed by atoms with E-state index in [9.17, 15) is 0 Å². The fourth-order valence-corrected chi connectivity index (χ4v) is 2.82. The van der Waals surface area contributed by atoms with Gasteiger partial charge in [0.15, 0.2) is 0 Å². The maximum Gasteiger partial charge on any atom is 0.229 e. The Bertz CT molecular complexity index is 412. The molecule has 0 saturated carbocycles. The number of alkyl halides is 1. The average Bonchev–Trinajstić information content (AvgIpc) is 2.39. The van der Waals surface area contributed by atoms with Crippen molar-refractivity contribution in [3.05, 3.63) is 11.8 Å². The minimum atomic E-state index is 0.461. The monoisotopic (exact) mass is 283 g/mol. The molecule has 0 spiro atoms. The zero-order chi connectivity index (χ0) is 13.7. The zero-order valence-electron chi connectivity index (χ0n) is 11.7. The van der Waals surface area contributed by atoms with E-state index in [4.69, 9.17) is 16.3 Å². The van der Waals surface area contributed by atoms with Gasteiger partial charge < -0.3 is 9.64 Å². The molecule has 1 aromatic rings. The number of aryl methyl sites for hydroxylation is 1. The first kappa shape index (κ1) is 14.4. The molecule has 1 fully saturated rings. The van der Waals surface area contributed by atoms with Crippen molar-refractivity contribution in [2.24, 2.45) is 0 Å². The van der Waals surface area contributed by atoms with Crippen LogP contribution in [0.2, 0.25) is 0 Å². The molecule has 0 amide bonds. The van der Waals surface area contributed by atoms with Crippen molar-refractivity contribution in [2.45, 2.75) is 45.6 Å². The van der Waals surface area contributed by atoms with Crippen molar-refractivity contribution in [3.63, 3.8) is 0 Å². The first-order valence-corrected chi connectivity index (χ1v) is 7.59. The van der Waals surface area contributed by atoms with Crippen LogP contribution in [0.1, 0.15) is 38.3 Å². The Labute approximate surface area is 120 Å². The van der Waals surface area contributed by atoms with Crippen molar-refractivity contribution in [3.8, 4) is 5.88 Å². The van der Waals surface area contributed by atoms with Crippen LogP contribution in [0.25, 0.3) is 0 Å². The van der Waals surface area contributed by atoms with Crippen LogP contribution in [0.4, 0.5) is 5.95 Å². The molecular weight excluding hydrogens is 262 g/mol. The first-order chi connectivity index (χ1) is 9.24. The van der Waals surface area contributed by atoms with E-state index in [1.807, 2.05) is 19.9 Å². The molecule has 2 rings (SSSR count). The summed E-state index contributed by atoms with van der Waals surface area (Å²) >= 11 is 5.91. The molecule has 1 aliphatic rings. The largest absolute Gasteiger partial charge is 0.478 e. The molecule has 0 aromatic carbocycles. The van der Waals surface area contributed by atoms with Gasteiger partial charge in [-0.3, -0.25) is 0 Å². The molecule has 4 nitrogen and oxygen atoms in total. The van der Waals surface area contributed by atoms with E-state index < -0.39 is 0 Å². The molecule has 1 aromatic heterocycles. The molecule has 1 atom stereocenters. The highest BCUT2D eigenvalue weighted by atomic mass is 35.5. The van der Waals surface area contributed by atoms with E-state index in [0.717, 1.165) is 24.6 Å². The third-order valence-corrected chi connectivity index (χ3v) is 3.66. The summed E-state index contributed by atoms with van der Waals surface area (Å²) in [5.41, 5.74) is 0.948. The number of ether oxygens (including phenoxy) is 1. The summed E-state index contributed by atoms with van der Waals surface area (Å²) < 4.78 is 5.51. The normalized spacial score (nSPS) is 19.5. The third kappa shape index (κ3) is 3.72. The van der Waals surface area contributed by atoms with Crippen LogP contribution in [0.15, 0.2) is 6.07 Å². The highest BCUT2D eigenvalue weighted by Crippen LogP contribution is 2.25. The Hall–Kier alpha value is -1.03. The number of rotatable bonds is 5. The molecule has 0 aliphatic carbocycles. The Morgan fingerprint density at radius 2 is 2.26 bits per heavy atom. The standard InChI is InChI=1S/C14H22ClN3O/c1-3-19-13-10-11(2)16-14(17-13)18-9-5-4-6-12(18)7-8-15/h10,12H,3-9H2,1-2H3. The summed E-state index contributed by atoms with van der Waals surface area (Å²) in [6.07, 6.45) is 4.62. The number of halogens is 1. The Morgan fingerprint density at radius 3 is 3.00 bits per heavy atom. The number of nitrogens with zero attached hydrogens (tertiary/aromatic N) is 3. The summed E-state index contributed by atoms with van der Waals surface area (Å²) in [6, 6.07) is 2.34. The number of hydrogen-bond acceptors (Lipinski definition) is 4. The van der Waals surface area contributed by atoms with Crippen molar-refractivity contribution in [2.75, 3.05) is 23.9 Å². The van der Waals surface area contributed by atoms with Crippen molar-refractivity contribution in [1.82, 2.24) is 9.97 Å². The van der Waals surface area contributed by atoms with E-state index in [0.29, 0.717) is 24.4 Å². The van der Waals surface area contributed by atoms with Crippen LogP contribution in [0, 0.1) is 6.92 Å². The lowest BCUT2D eigenvalue weighted by molar-refractivity contribution is 0.325.